The van der Waals surface area contributed by atoms with Crippen LogP contribution in [0.1, 0.15) is 34.1 Å². The second-order valence-electron chi connectivity index (χ2n) is 6.13. The minimum Gasteiger partial charge on any atom is -0.346 e. The summed E-state index contributed by atoms with van der Waals surface area (Å²) in [7, 11) is 3.50. The molecule has 1 aliphatic heterocycles. The van der Waals surface area contributed by atoms with Crippen LogP contribution in [-0.2, 0) is 11.8 Å². The highest BCUT2D eigenvalue weighted by Gasteiger charge is 2.40. The third-order valence-corrected chi connectivity index (χ3v) is 4.37. The minimum atomic E-state index is -0.456. The Labute approximate surface area is 139 Å². The quantitative estimate of drug-likeness (QED) is 0.929. The Morgan fingerprint density at radius 3 is 2.71 bits per heavy atom. The van der Waals surface area contributed by atoms with Gasteiger partial charge in [-0.1, -0.05) is 0 Å². The lowest BCUT2D eigenvalue weighted by atomic mass is 10.0. The van der Waals surface area contributed by atoms with Crippen LogP contribution < -0.4 is 5.32 Å². The first-order chi connectivity index (χ1) is 11.4. The van der Waals surface area contributed by atoms with Gasteiger partial charge in [-0.05, 0) is 36.8 Å². The fourth-order valence-electron chi connectivity index (χ4n) is 3.20. The molecule has 3 rings (SSSR count). The number of carbonyl (C=O) groups is 2. The van der Waals surface area contributed by atoms with Crippen molar-refractivity contribution in [1.82, 2.24) is 20.0 Å². The zero-order valence-electron chi connectivity index (χ0n) is 13.8. The molecule has 1 N–H and O–H groups in total. The largest absolute Gasteiger partial charge is 0.346 e. The number of hydrogen-bond acceptors (Lipinski definition) is 3. The summed E-state index contributed by atoms with van der Waals surface area (Å²) in [5, 5.41) is 7.00. The zero-order chi connectivity index (χ0) is 17.4. The Hall–Kier alpha value is -2.70. The molecule has 2 aromatic rings. The van der Waals surface area contributed by atoms with E-state index in [1.807, 2.05) is 6.07 Å². The number of hydrogen-bond donors (Lipinski definition) is 1. The maximum atomic E-state index is 13.5. The Bertz CT molecular complexity index is 781. The molecule has 126 valence electrons. The maximum absolute atomic E-state index is 13.5. The first-order valence-corrected chi connectivity index (χ1v) is 7.68. The molecule has 1 aromatic carbocycles. The van der Waals surface area contributed by atoms with E-state index in [4.69, 9.17) is 0 Å². The van der Waals surface area contributed by atoms with Gasteiger partial charge in [-0.25, -0.2) is 4.39 Å². The molecule has 0 bridgehead atoms. The topological polar surface area (TPSA) is 67.2 Å². The smallest absolute Gasteiger partial charge is 0.251 e. The number of benzene rings is 1. The monoisotopic (exact) mass is 330 g/mol. The van der Waals surface area contributed by atoms with Gasteiger partial charge in [0.15, 0.2) is 0 Å². The van der Waals surface area contributed by atoms with Crippen molar-refractivity contribution in [2.24, 2.45) is 7.05 Å². The fraction of sp³-hybridized carbons (Fsp3) is 0.353. The molecular formula is C17H19FN4O2. The van der Waals surface area contributed by atoms with Crippen LogP contribution in [0.15, 0.2) is 30.5 Å². The fourth-order valence-corrected chi connectivity index (χ4v) is 3.20. The number of rotatable bonds is 3. The molecule has 7 heteroatoms. The van der Waals surface area contributed by atoms with E-state index in [2.05, 4.69) is 10.4 Å². The van der Waals surface area contributed by atoms with Crippen molar-refractivity contribution in [2.75, 3.05) is 7.05 Å². The van der Waals surface area contributed by atoms with E-state index < -0.39 is 17.8 Å². The predicted octanol–water partition coefficient (Wildman–Crippen LogP) is 1.57. The van der Waals surface area contributed by atoms with E-state index in [9.17, 15) is 14.0 Å². The lowest BCUT2D eigenvalue weighted by Crippen LogP contribution is -2.39. The summed E-state index contributed by atoms with van der Waals surface area (Å²) in [4.78, 5) is 26.2. The predicted molar refractivity (Wildman–Crippen MR) is 85.7 cm³/mol. The summed E-state index contributed by atoms with van der Waals surface area (Å²) in [6, 6.07) is 5.31. The van der Waals surface area contributed by atoms with Crippen molar-refractivity contribution in [2.45, 2.75) is 25.4 Å². The summed E-state index contributed by atoms with van der Waals surface area (Å²) in [6.07, 6.45) is 1.85. The minimum absolute atomic E-state index is 0.0538. The number of carbonyl (C=O) groups excluding carboxylic acids is 2. The number of nitrogens with zero attached hydrogens (tertiary/aromatic N) is 3. The van der Waals surface area contributed by atoms with Gasteiger partial charge >= 0.3 is 0 Å². The molecule has 2 atom stereocenters. The molecule has 0 spiro atoms. The van der Waals surface area contributed by atoms with Gasteiger partial charge in [-0.15, -0.1) is 0 Å². The van der Waals surface area contributed by atoms with E-state index in [-0.39, 0.29) is 23.9 Å². The number of likely N-dealkylation sites (N-methyl/N-ethyl adjacent to an activating group) is 1. The lowest BCUT2D eigenvalue weighted by Gasteiger charge is -2.25. The van der Waals surface area contributed by atoms with Gasteiger partial charge in [-0.2, -0.15) is 5.10 Å². The van der Waals surface area contributed by atoms with Gasteiger partial charge in [0, 0.05) is 32.3 Å². The van der Waals surface area contributed by atoms with Gasteiger partial charge in [-0.3, -0.25) is 14.3 Å². The number of likely N-dealkylation sites (tertiary alicyclic amines) is 1. The third kappa shape index (κ3) is 2.89. The van der Waals surface area contributed by atoms with Crippen molar-refractivity contribution in [3.63, 3.8) is 0 Å². The van der Waals surface area contributed by atoms with Crippen LogP contribution in [0.4, 0.5) is 4.39 Å². The van der Waals surface area contributed by atoms with Crippen LogP contribution in [0, 0.1) is 12.7 Å². The lowest BCUT2D eigenvalue weighted by molar-refractivity contribution is -0.127. The van der Waals surface area contributed by atoms with E-state index in [0.29, 0.717) is 5.56 Å². The van der Waals surface area contributed by atoms with Crippen LogP contribution in [0.2, 0.25) is 0 Å². The number of aromatic nitrogens is 2. The van der Waals surface area contributed by atoms with E-state index >= 15 is 0 Å². The Kier molecular flexibility index (Phi) is 4.09. The van der Waals surface area contributed by atoms with Crippen molar-refractivity contribution in [1.29, 1.82) is 0 Å². The third-order valence-electron chi connectivity index (χ3n) is 4.37. The average molecular weight is 330 g/mol. The van der Waals surface area contributed by atoms with Gasteiger partial charge in [0.1, 0.15) is 5.82 Å². The van der Waals surface area contributed by atoms with Crippen LogP contribution in [0.5, 0.6) is 0 Å². The van der Waals surface area contributed by atoms with E-state index in [1.165, 1.54) is 12.1 Å². The van der Waals surface area contributed by atoms with Crippen LogP contribution in [0.3, 0.4) is 0 Å². The molecule has 0 saturated carbocycles. The Balaban J connectivity index is 1.86. The molecular weight excluding hydrogens is 311 g/mol. The summed E-state index contributed by atoms with van der Waals surface area (Å²) < 4.78 is 15.2. The maximum Gasteiger partial charge on any atom is 0.251 e. The molecule has 0 unspecified atom stereocenters. The standard InChI is InChI=1S/C17H19FN4O2/c1-10-6-11(8-12(18)7-10)17(24)20-13-9-15(23)21(2)16(13)14-4-5-19-22(14)3/h4-8,13,16H,9H2,1-3H3,(H,20,24)/t13-,16-/m1/s1. The molecule has 0 aliphatic carbocycles. The molecule has 1 fully saturated rings. The first-order valence-electron chi connectivity index (χ1n) is 7.68. The van der Waals surface area contributed by atoms with Crippen molar-refractivity contribution in [3.05, 3.63) is 53.1 Å². The number of amides is 2. The number of aryl methyl sites for hydroxylation is 2. The van der Waals surface area contributed by atoms with E-state index in [1.54, 1.807) is 42.9 Å². The number of nitrogens with one attached hydrogen (secondary N) is 1. The van der Waals surface area contributed by atoms with Gasteiger partial charge < -0.3 is 10.2 Å². The molecule has 0 radical (unpaired) electrons. The molecule has 1 aliphatic rings. The van der Waals surface area contributed by atoms with Crippen molar-refractivity contribution >= 4 is 11.8 Å². The highest BCUT2D eigenvalue weighted by atomic mass is 19.1. The number of halogens is 1. The summed E-state index contributed by atoms with van der Waals surface area (Å²) in [5.74, 6) is -0.900. The molecule has 1 saturated heterocycles. The van der Waals surface area contributed by atoms with Gasteiger partial charge in [0.25, 0.3) is 5.91 Å². The highest BCUT2D eigenvalue weighted by molar-refractivity contribution is 5.95. The SMILES string of the molecule is Cc1cc(F)cc(C(=O)N[C@@H]2CC(=O)N(C)[C@H]2c2ccnn2C)c1. The zero-order valence-corrected chi connectivity index (χ0v) is 13.8. The van der Waals surface area contributed by atoms with Crippen LogP contribution >= 0.6 is 0 Å². The van der Waals surface area contributed by atoms with Crippen molar-refractivity contribution < 1.29 is 14.0 Å². The highest BCUT2D eigenvalue weighted by Crippen LogP contribution is 2.31. The Morgan fingerprint density at radius 2 is 2.08 bits per heavy atom. The molecule has 2 heterocycles. The van der Waals surface area contributed by atoms with E-state index in [0.717, 1.165) is 5.69 Å². The summed E-state index contributed by atoms with van der Waals surface area (Å²) >= 11 is 0. The van der Waals surface area contributed by atoms with Gasteiger partial charge in [0.05, 0.1) is 17.8 Å². The first kappa shape index (κ1) is 16.2. The molecule has 24 heavy (non-hydrogen) atoms. The summed E-state index contributed by atoms with van der Waals surface area (Å²) in [6.45, 7) is 1.73. The van der Waals surface area contributed by atoms with Crippen LogP contribution in [0.25, 0.3) is 0 Å². The molecule has 6 nitrogen and oxygen atoms in total. The van der Waals surface area contributed by atoms with Crippen LogP contribution in [-0.4, -0.2) is 39.6 Å². The van der Waals surface area contributed by atoms with Crippen molar-refractivity contribution in [3.8, 4) is 0 Å². The second-order valence-corrected chi connectivity index (χ2v) is 6.13. The molecule has 2 amide bonds. The second kappa shape index (κ2) is 6.07. The summed E-state index contributed by atoms with van der Waals surface area (Å²) in [5.41, 5.74) is 1.75. The average Bonchev–Trinajstić information content (AvgIpc) is 3.02. The Morgan fingerprint density at radius 1 is 1.33 bits per heavy atom. The van der Waals surface area contributed by atoms with Gasteiger partial charge in [0.2, 0.25) is 5.91 Å². The normalized spacial score (nSPS) is 20.5. The molecule has 1 aromatic heterocycles.